The van der Waals surface area contributed by atoms with Crippen LogP contribution in [-0.2, 0) is 12.8 Å². The van der Waals surface area contributed by atoms with Crippen molar-refractivity contribution >= 4 is 5.91 Å². The predicted molar refractivity (Wildman–Crippen MR) is 93.7 cm³/mol. The van der Waals surface area contributed by atoms with Crippen molar-refractivity contribution in [3.63, 3.8) is 0 Å². The molecule has 2 aromatic rings. The Kier molecular flexibility index (Phi) is 4.11. The van der Waals surface area contributed by atoms with Crippen molar-refractivity contribution < 1.29 is 4.79 Å². The zero-order chi connectivity index (χ0) is 17.4. The number of carbonyl (C=O) groups is 1. The second-order valence-electron chi connectivity index (χ2n) is 7.05. The third-order valence-corrected chi connectivity index (χ3v) is 5.22. The van der Waals surface area contributed by atoms with Crippen LogP contribution in [0.5, 0.6) is 0 Å². The van der Waals surface area contributed by atoms with E-state index in [0.717, 1.165) is 54.7 Å². The number of H-pyrrole nitrogens is 1. The zero-order valence-electron chi connectivity index (χ0n) is 14.4. The van der Waals surface area contributed by atoms with E-state index < -0.39 is 0 Å². The lowest BCUT2D eigenvalue weighted by Crippen LogP contribution is -2.41. The molecule has 3 heterocycles. The third kappa shape index (κ3) is 3.08. The van der Waals surface area contributed by atoms with E-state index >= 15 is 0 Å². The van der Waals surface area contributed by atoms with Gasteiger partial charge in [0.05, 0.1) is 11.4 Å². The van der Waals surface area contributed by atoms with Gasteiger partial charge in [0.2, 0.25) is 0 Å². The second kappa shape index (κ2) is 6.43. The van der Waals surface area contributed by atoms with Gasteiger partial charge in [0.1, 0.15) is 5.56 Å². The molecule has 1 aliphatic carbocycles. The average Bonchev–Trinajstić information content (AvgIpc) is 3.07. The molecule has 130 valence electrons. The Labute approximate surface area is 146 Å². The molecule has 0 spiro atoms. The van der Waals surface area contributed by atoms with Crippen molar-refractivity contribution in [1.29, 1.82) is 0 Å². The molecule has 2 aromatic heterocycles. The molecule has 0 radical (unpaired) electrons. The smallest absolute Gasteiger partial charge is 0.261 e. The number of piperidine rings is 1. The third-order valence-electron chi connectivity index (χ3n) is 5.22. The highest BCUT2D eigenvalue weighted by Gasteiger charge is 2.28. The summed E-state index contributed by atoms with van der Waals surface area (Å²) in [6.07, 6.45) is 8.30. The molecule has 25 heavy (non-hydrogen) atoms. The molecule has 1 saturated heterocycles. The minimum Gasteiger partial charge on any atom is -0.338 e. The minimum absolute atomic E-state index is 0.165. The Morgan fingerprint density at radius 3 is 3.00 bits per heavy atom. The van der Waals surface area contributed by atoms with Crippen LogP contribution in [0, 0.1) is 6.92 Å². The number of aromatic amines is 1. The number of likely N-dealkylation sites (tertiary alicyclic amines) is 1. The first-order chi connectivity index (χ1) is 12.1. The number of hydrogen-bond donors (Lipinski definition) is 1. The molecule has 1 aliphatic heterocycles. The number of nitrogens with one attached hydrogen (secondary N) is 1. The molecule has 1 amide bonds. The van der Waals surface area contributed by atoms with Crippen LogP contribution >= 0.6 is 0 Å². The van der Waals surface area contributed by atoms with Crippen molar-refractivity contribution in [1.82, 2.24) is 19.9 Å². The van der Waals surface area contributed by atoms with E-state index in [1.807, 2.05) is 6.92 Å². The van der Waals surface area contributed by atoms with Gasteiger partial charge in [0.25, 0.3) is 11.5 Å². The van der Waals surface area contributed by atoms with Crippen LogP contribution in [-0.4, -0.2) is 38.8 Å². The SMILES string of the molecule is Cc1cncc([C@@H]2CCCN(C(=O)c3cc4c([nH]c3=O)CCC4)C2)n1. The Balaban J connectivity index is 1.57. The van der Waals surface area contributed by atoms with Crippen LogP contribution in [0.2, 0.25) is 0 Å². The number of carbonyl (C=O) groups excluding carboxylic acids is 1. The summed E-state index contributed by atoms with van der Waals surface area (Å²) in [6.45, 7) is 3.20. The van der Waals surface area contributed by atoms with E-state index in [-0.39, 0.29) is 22.9 Å². The first-order valence-electron chi connectivity index (χ1n) is 8.94. The molecular weight excluding hydrogens is 316 g/mol. The number of rotatable bonds is 2. The largest absolute Gasteiger partial charge is 0.338 e. The molecule has 4 rings (SSSR count). The van der Waals surface area contributed by atoms with Gasteiger partial charge >= 0.3 is 0 Å². The summed E-state index contributed by atoms with van der Waals surface area (Å²) in [4.78, 5) is 38.7. The summed E-state index contributed by atoms with van der Waals surface area (Å²) < 4.78 is 0. The van der Waals surface area contributed by atoms with Gasteiger partial charge in [0.15, 0.2) is 0 Å². The average molecular weight is 338 g/mol. The summed E-state index contributed by atoms with van der Waals surface area (Å²) in [5.74, 6) is 0.0138. The molecule has 2 aliphatic rings. The first kappa shape index (κ1) is 16.0. The lowest BCUT2D eigenvalue weighted by Gasteiger charge is -2.32. The molecule has 0 bridgehead atoms. The molecule has 1 fully saturated rings. The van der Waals surface area contributed by atoms with Crippen LogP contribution in [0.3, 0.4) is 0 Å². The predicted octanol–water partition coefficient (Wildman–Crippen LogP) is 1.98. The van der Waals surface area contributed by atoms with Crippen molar-refractivity contribution in [2.45, 2.75) is 44.9 Å². The molecule has 0 unspecified atom stereocenters. The number of nitrogens with zero attached hydrogens (tertiary/aromatic N) is 3. The van der Waals surface area contributed by atoms with Crippen LogP contribution in [0.15, 0.2) is 23.3 Å². The lowest BCUT2D eigenvalue weighted by atomic mass is 9.94. The Bertz CT molecular complexity index is 874. The fraction of sp³-hybridized carbons (Fsp3) is 0.474. The highest BCUT2D eigenvalue weighted by molar-refractivity contribution is 5.94. The van der Waals surface area contributed by atoms with E-state index in [9.17, 15) is 9.59 Å². The maximum Gasteiger partial charge on any atom is 0.261 e. The molecule has 6 nitrogen and oxygen atoms in total. The standard InChI is InChI=1S/C19H22N4O2/c1-12-9-20-10-17(21-12)14-5-3-7-23(11-14)19(25)15-8-13-4-2-6-16(13)22-18(15)24/h8-10,14H,2-7,11H2,1H3,(H,22,24)/t14-/m1/s1. The fourth-order valence-corrected chi connectivity index (χ4v) is 3.93. The van der Waals surface area contributed by atoms with E-state index in [1.165, 1.54) is 0 Å². The van der Waals surface area contributed by atoms with Gasteiger partial charge < -0.3 is 9.88 Å². The van der Waals surface area contributed by atoms with E-state index in [0.29, 0.717) is 13.1 Å². The monoisotopic (exact) mass is 338 g/mol. The molecule has 0 aromatic carbocycles. The van der Waals surface area contributed by atoms with Crippen LogP contribution in [0.4, 0.5) is 0 Å². The molecular formula is C19H22N4O2. The molecule has 1 atom stereocenters. The van der Waals surface area contributed by atoms with Crippen molar-refractivity contribution in [3.8, 4) is 0 Å². The molecule has 1 N–H and O–H groups in total. The van der Waals surface area contributed by atoms with Crippen LogP contribution in [0.25, 0.3) is 0 Å². The van der Waals surface area contributed by atoms with Gasteiger partial charge in [-0.15, -0.1) is 0 Å². The summed E-state index contributed by atoms with van der Waals surface area (Å²) in [5, 5.41) is 0. The quantitative estimate of drug-likeness (QED) is 0.908. The van der Waals surface area contributed by atoms with Gasteiger partial charge in [-0.1, -0.05) is 0 Å². The number of fused-ring (bicyclic) bond motifs is 1. The number of amides is 1. The topological polar surface area (TPSA) is 79.0 Å². The minimum atomic E-state index is -0.261. The molecule has 6 heteroatoms. The van der Waals surface area contributed by atoms with E-state index in [1.54, 1.807) is 23.4 Å². The van der Waals surface area contributed by atoms with E-state index in [4.69, 9.17) is 0 Å². The Hall–Kier alpha value is -2.50. The van der Waals surface area contributed by atoms with Gasteiger partial charge in [-0.3, -0.25) is 19.6 Å². The summed E-state index contributed by atoms with van der Waals surface area (Å²) >= 11 is 0. The van der Waals surface area contributed by atoms with Gasteiger partial charge in [0, 0.05) is 37.1 Å². The number of aromatic nitrogens is 3. The normalized spacial score (nSPS) is 19.7. The number of aryl methyl sites for hydroxylation is 3. The zero-order valence-corrected chi connectivity index (χ0v) is 14.4. The van der Waals surface area contributed by atoms with Crippen molar-refractivity contribution in [2.24, 2.45) is 0 Å². The highest BCUT2D eigenvalue weighted by Crippen LogP contribution is 2.26. The fourth-order valence-electron chi connectivity index (χ4n) is 3.93. The van der Waals surface area contributed by atoms with E-state index in [2.05, 4.69) is 15.0 Å². The van der Waals surface area contributed by atoms with Crippen molar-refractivity contribution in [3.05, 3.63) is 57.0 Å². The molecule has 0 saturated carbocycles. The summed E-state index contributed by atoms with van der Waals surface area (Å²) in [6, 6.07) is 1.81. The second-order valence-corrected chi connectivity index (χ2v) is 7.05. The van der Waals surface area contributed by atoms with Crippen LogP contribution < -0.4 is 5.56 Å². The Morgan fingerprint density at radius 1 is 1.28 bits per heavy atom. The Morgan fingerprint density at radius 2 is 2.16 bits per heavy atom. The van der Waals surface area contributed by atoms with Crippen molar-refractivity contribution in [2.75, 3.05) is 13.1 Å². The maximum atomic E-state index is 12.9. The van der Waals surface area contributed by atoms with Gasteiger partial charge in [-0.05, 0) is 50.7 Å². The van der Waals surface area contributed by atoms with Gasteiger partial charge in [-0.25, -0.2) is 0 Å². The first-order valence-corrected chi connectivity index (χ1v) is 8.94. The summed E-state index contributed by atoms with van der Waals surface area (Å²) in [5.41, 5.74) is 3.94. The highest BCUT2D eigenvalue weighted by atomic mass is 16.2. The number of pyridine rings is 1. The summed E-state index contributed by atoms with van der Waals surface area (Å²) in [7, 11) is 0. The maximum absolute atomic E-state index is 12.9. The van der Waals surface area contributed by atoms with Gasteiger partial charge in [-0.2, -0.15) is 0 Å². The number of hydrogen-bond acceptors (Lipinski definition) is 4. The van der Waals surface area contributed by atoms with Crippen LogP contribution in [0.1, 0.15) is 58.2 Å². The lowest BCUT2D eigenvalue weighted by molar-refractivity contribution is 0.0704.